The number of pyridine rings is 1. The van der Waals surface area contributed by atoms with Crippen molar-refractivity contribution in [2.24, 2.45) is 0 Å². The molecule has 4 rings (SSSR count). The fraction of sp³-hybridized carbons (Fsp3) is 0.294. The fourth-order valence-electron chi connectivity index (χ4n) is 3.24. The Kier molecular flexibility index (Phi) is 3.65. The number of amides is 1. The Balaban J connectivity index is 1.73. The van der Waals surface area contributed by atoms with Crippen molar-refractivity contribution in [3.05, 3.63) is 63.3 Å². The smallest absolute Gasteiger partial charge is 0.271 e. The minimum atomic E-state index is -0.297. The van der Waals surface area contributed by atoms with Gasteiger partial charge in [0.25, 0.3) is 11.5 Å². The molecule has 1 fully saturated rings. The first-order valence-corrected chi connectivity index (χ1v) is 8.65. The van der Waals surface area contributed by atoms with Crippen LogP contribution < -0.4 is 5.56 Å². The molecular formula is C17H16N4O2S. The molecular weight excluding hydrogens is 324 g/mol. The maximum atomic E-state index is 13.0. The van der Waals surface area contributed by atoms with E-state index < -0.39 is 0 Å². The van der Waals surface area contributed by atoms with Crippen LogP contribution in [0.2, 0.25) is 0 Å². The fourth-order valence-corrected chi connectivity index (χ4v) is 4.02. The first-order valence-electron chi connectivity index (χ1n) is 7.84. The standard InChI is InChI=1S/C17H16N4O2S/c1-11-10-21-16(23)13(9-19-17(21)24-11)15(22)20-8-2-3-14(20)12-4-6-18-7-5-12/h4-7,9-10,14H,2-3,8H2,1H3/t14-/m0/s1. The van der Waals surface area contributed by atoms with Crippen LogP contribution in [0.1, 0.15) is 39.7 Å². The largest absolute Gasteiger partial charge is 0.331 e. The first-order chi connectivity index (χ1) is 11.6. The molecule has 1 amide bonds. The molecule has 0 unspecified atom stereocenters. The summed E-state index contributed by atoms with van der Waals surface area (Å²) in [5.41, 5.74) is 0.886. The van der Waals surface area contributed by atoms with Gasteiger partial charge in [-0.3, -0.25) is 19.0 Å². The van der Waals surface area contributed by atoms with E-state index >= 15 is 0 Å². The van der Waals surface area contributed by atoms with Crippen LogP contribution in [0.4, 0.5) is 0 Å². The highest BCUT2D eigenvalue weighted by atomic mass is 32.1. The molecule has 0 radical (unpaired) electrons. The van der Waals surface area contributed by atoms with Crippen LogP contribution in [0.3, 0.4) is 0 Å². The van der Waals surface area contributed by atoms with Crippen molar-refractivity contribution in [1.29, 1.82) is 0 Å². The molecule has 1 atom stereocenters. The molecule has 24 heavy (non-hydrogen) atoms. The molecule has 122 valence electrons. The molecule has 0 aromatic carbocycles. The second-order valence-electron chi connectivity index (χ2n) is 5.91. The van der Waals surface area contributed by atoms with Gasteiger partial charge in [-0.15, -0.1) is 11.3 Å². The number of aryl methyl sites for hydroxylation is 1. The summed E-state index contributed by atoms with van der Waals surface area (Å²) in [6, 6.07) is 3.84. The van der Waals surface area contributed by atoms with E-state index in [4.69, 9.17) is 0 Å². The molecule has 0 spiro atoms. The highest BCUT2D eigenvalue weighted by molar-refractivity contribution is 7.16. The van der Waals surface area contributed by atoms with E-state index in [9.17, 15) is 9.59 Å². The van der Waals surface area contributed by atoms with Crippen LogP contribution in [0.5, 0.6) is 0 Å². The lowest BCUT2D eigenvalue weighted by molar-refractivity contribution is 0.0733. The van der Waals surface area contributed by atoms with Gasteiger partial charge in [-0.1, -0.05) is 0 Å². The number of thiazole rings is 1. The van der Waals surface area contributed by atoms with Gasteiger partial charge >= 0.3 is 0 Å². The van der Waals surface area contributed by atoms with E-state index in [1.54, 1.807) is 23.5 Å². The molecule has 4 heterocycles. The summed E-state index contributed by atoms with van der Waals surface area (Å²) in [5, 5.41) is 0. The number of aromatic nitrogens is 3. The molecule has 0 saturated carbocycles. The van der Waals surface area contributed by atoms with E-state index in [-0.39, 0.29) is 23.1 Å². The summed E-state index contributed by atoms with van der Waals surface area (Å²) in [6.45, 7) is 2.57. The number of hydrogen-bond donors (Lipinski definition) is 0. The Hall–Kier alpha value is -2.54. The molecule has 0 bridgehead atoms. The zero-order valence-corrected chi connectivity index (χ0v) is 14.0. The van der Waals surface area contributed by atoms with Crippen molar-refractivity contribution in [3.8, 4) is 0 Å². The lowest BCUT2D eigenvalue weighted by atomic mass is 10.1. The molecule has 1 aliphatic rings. The van der Waals surface area contributed by atoms with Crippen LogP contribution in [0, 0.1) is 6.92 Å². The van der Waals surface area contributed by atoms with E-state index in [1.165, 1.54) is 21.9 Å². The highest BCUT2D eigenvalue weighted by Crippen LogP contribution is 2.32. The predicted octanol–water partition coefficient (Wildman–Crippen LogP) is 2.44. The average Bonchev–Trinajstić information content (AvgIpc) is 3.22. The third-order valence-corrected chi connectivity index (χ3v) is 5.27. The van der Waals surface area contributed by atoms with Gasteiger partial charge in [-0.2, -0.15) is 0 Å². The lowest BCUT2D eigenvalue weighted by Crippen LogP contribution is -2.35. The lowest BCUT2D eigenvalue weighted by Gasteiger charge is -2.24. The molecule has 0 aliphatic carbocycles. The summed E-state index contributed by atoms with van der Waals surface area (Å²) in [5.74, 6) is -0.245. The van der Waals surface area contributed by atoms with Crippen LogP contribution >= 0.6 is 11.3 Å². The normalized spacial score (nSPS) is 17.5. The number of carbonyl (C=O) groups excluding carboxylic acids is 1. The van der Waals surface area contributed by atoms with Gasteiger partial charge in [0.05, 0.1) is 6.04 Å². The number of rotatable bonds is 2. The van der Waals surface area contributed by atoms with Crippen molar-refractivity contribution in [2.75, 3.05) is 6.54 Å². The summed E-state index contributed by atoms with van der Waals surface area (Å²) in [6.07, 6.45) is 8.42. The van der Waals surface area contributed by atoms with Gasteiger partial charge in [0.15, 0.2) is 4.96 Å². The van der Waals surface area contributed by atoms with E-state index in [0.717, 1.165) is 23.3 Å². The van der Waals surface area contributed by atoms with E-state index in [0.29, 0.717) is 11.5 Å². The topological polar surface area (TPSA) is 67.6 Å². The Labute approximate surface area is 142 Å². The summed E-state index contributed by atoms with van der Waals surface area (Å²) in [7, 11) is 0. The molecule has 6 nitrogen and oxygen atoms in total. The second-order valence-corrected chi connectivity index (χ2v) is 7.12. The van der Waals surface area contributed by atoms with Crippen LogP contribution in [-0.2, 0) is 0 Å². The van der Waals surface area contributed by atoms with Crippen molar-refractivity contribution < 1.29 is 4.79 Å². The second kappa shape index (κ2) is 5.83. The first kappa shape index (κ1) is 15.0. The zero-order valence-electron chi connectivity index (χ0n) is 13.2. The van der Waals surface area contributed by atoms with Gasteiger partial charge in [0.1, 0.15) is 5.56 Å². The average molecular weight is 340 g/mol. The van der Waals surface area contributed by atoms with Crippen molar-refractivity contribution >= 4 is 22.2 Å². The molecule has 7 heteroatoms. The van der Waals surface area contributed by atoms with E-state index in [2.05, 4.69) is 9.97 Å². The number of carbonyl (C=O) groups is 1. The van der Waals surface area contributed by atoms with Crippen LogP contribution in [0.25, 0.3) is 4.96 Å². The minimum Gasteiger partial charge on any atom is -0.331 e. The number of fused-ring (bicyclic) bond motifs is 1. The molecule has 0 N–H and O–H groups in total. The molecule has 1 saturated heterocycles. The van der Waals surface area contributed by atoms with Gasteiger partial charge in [0, 0.05) is 36.2 Å². The van der Waals surface area contributed by atoms with Crippen molar-refractivity contribution in [2.45, 2.75) is 25.8 Å². The minimum absolute atomic E-state index is 0.00944. The SMILES string of the molecule is Cc1cn2c(=O)c(C(=O)N3CCC[C@H]3c3ccncc3)cnc2s1. The quantitative estimate of drug-likeness (QED) is 0.718. The van der Waals surface area contributed by atoms with E-state index in [1.807, 2.05) is 19.1 Å². The monoisotopic (exact) mass is 340 g/mol. The highest BCUT2D eigenvalue weighted by Gasteiger charge is 2.32. The number of hydrogen-bond acceptors (Lipinski definition) is 5. The third kappa shape index (κ3) is 2.41. The molecule has 1 aliphatic heterocycles. The molecule has 3 aromatic rings. The zero-order chi connectivity index (χ0) is 16.7. The van der Waals surface area contributed by atoms with Crippen molar-refractivity contribution in [3.63, 3.8) is 0 Å². The summed E-state index contributed by atoms with van der Waals surface area (Å²) >= 11 is 1.44. The summed E-state index contributed by atoms with van der Waals surface area (Å²) < 4.78 is 1.46. The maximum Gasteiger partial charge on any atom is 0.271 e. The Morgan fingerprint density at radius 2 is 2.12 bits per heavy atom. The van der Waals surface area contributed by atoms with Crippen LogP contribution in [-0.4, -0.2) is 31.7 Å². The molecule has 3 aromatic heterocycles. The van der Waals surface area contributed by atoms with Gasteiger partial charge in [-0.05, 0) is 37.5 Å². The van der Waals surface area contributed by atoms with Gasteiger partial charge in [-0.25, -0.2) is 4.98 Å². The Morgan fingerprint density at radius 1 is 1.33 bits per heavy atom. The number of likely N-dealkylation sites (tertiary alicyclic amines) is 1. The third-order valence-electron chi connectivity index (χ3n) is 4.36. The summed E-state index contributed by atoms with van der Waals surface area (Å²) in [4.78, 5) is 37.3. The van der Waals surface area contributed by atoms with Crippen molar-refractivity contribution in [1.82, 2.24) is 19.3 Å². The predicted molar refractivity (Wildman–Crippen MR) is 91.3 cm³/mol. The van der Waals surface area contributed by atoms with Gasteiger partial charge in [0.2, 0.25) is 0 Å². The maximum absolute atomic E-state index is 13.0. The van der Waals surface area contributed by atoms with Gasteiger partial charge < -0.3 is 4.90 Å². The Bertz CT molecular complexity index is 964. The van der Waals surface area contributed by atoms with Crippen LogP contribution in [0.15, 0.2) is 41.7 Å². The number of nitrogens with zero attached hydrogens (tertiary/aromatic N) is 4. The Morgan fingerprint density at radius 3 is 2.92 bits per heavy atom.